The van der Waals surface area contributed by atoms with Crippen LogP contribution in [-0.2, 0) is 5.41 Å². The minimum Gasteiger partial charge on any atom is -0.406 e. The van der Waals surface area contributed by atoms with Gasteiger partial charge in [-0.05, 0) is 43.5 Å². The Morgan fingerprint density at radius 3 is 2.16 bits per heavy atom. The van der Waals surface area contributed by atoms with Crippen molar-refractivity contribution >= 4 is 0 Å². The molecule has 3 rings (SSSR count). The van der Waals surface area contributed by atoms with Crippen LogP contribution in [0.15, 0.2) is 42.7 Å². The molecule has 1 heterocycles. The maximum Gasteiger partial charge on any atom is 0.573 e. The predicted octanol–water partition coefficient (Wildman–Crippen LogP) is 2.89. The molecule has 0 spiro atoms. The summed E-state index contributed by atoms with van der Waals surface area (Å²) < 4.78 is 40.7. The second-order valence-corrected chi connectivity index (χ2v) is 6.59. The largest absolute Gasteiger partial charge is 0.573 e. The second kappa shape index (κ2) is 5.96. The Kier molecular flexibility index (Phi) is 4.20. The molecule has 1 saturated carbocycles. The molecule has 1 fully saturated rings. The number of rotatable bonds is 4. The molecule has 25 heavy (non-hydrogen) atoms. The van der Waals surface area contributed by atoms with E-state index in [0.29, 0.717) is 5.56 Å². The third-order valence-corrected chi connectivity index (χ3v) is 4.41. The first-order valence-electron chi connectivity index (χ1n) is 7.65. The van der Waals surface area contributed by atoms with E-state index in [9.17, 15) is 23.4 Å². The lowest BCUT2D eigenvalue weighted by atomic mass is 9.54. The summed E-state index contributed by atoms with van der Waals surface area (Å²) in [6.45, 7) is 1.64. The number of hydrogen-bond acceptors (Lipinski definition) is 5. The molecule has 0 amide bonds. The lowest BCUT2D eigenvalue weighted by Crippen LogP contribution is -2.56. The average molecular weight is 354 g/mol. The number of hydrogen-bond donors (Lipinski definition) is 2. The van der Waals surface area contributed by atoms with Crippen molar-refractivity contribution in [1.82, 2.24) is 9.97 Å². The van der Waals surface area contributed by atoms with Crippen molar-refractivity contribution in [2.75, 3.05) is 0 Å². The number of halogens is 3. The molecule has 1 aromatic heterocycles. The van der Waals surface area contributed by atoms with Crippen LogP contribution in [0.1, 0.15) is 37.3 Å². The number of aromatic nitrogens is 2. The molecule has 0 radical (unpaired) electrons. The summed E-state index contributed by atoms with van der Waals surface area (Å²) >= 11 is 0. The molecule has 8 heteroatoms. The fourth-order valence-corrected chi connectivity index (χ4v) is 3.55. The van der Waals surface area contributed by atoms with Gasteiger partial charge >= 0.3 is 6.36 Å². The van der Waals surface area contributed by atoms with Gasteiger partial charge in [-0.2, -0.15) is 0 Å². The smallest absolute Gasteiger partial charge is 0.406 e. The maximum atomic E-state index is 12.3. The SMILES string of the molecule is C[C@]1(O)C[C@@](c2ccc(OC(F)(F)F)cc2)([C@H](O)c2ncccn2)C1. The predicted molar refractivity (Wildman–Crippen MR) is 81.7 cm³/mol. The van der Waals surface area contributed by atoms with Crippen LogP contribution >= 0.6 is 0 Å². The summed E-state index contributed by atoms with van der Waals surface area (Å²) in [4.78, 5) is 8.10. The van der Waals surface area contributed by atoms with Crippen LogP contribution in [0.5, 0.6) is 5.75 Å². The first-order valence-corrected chi connectivity index (χ1v) is 7.65. The summed E-state index contributed by atoms with van der Waals surface area (Å²) in [6, 6.07) is 6.92. The van der Waals surface area contributed by atoms with Gasteiger partial charge in [-0.3, -0.25) is 0 Å². The Balaban J connectivity index is 1.92. The van der Waals surface area contributed by atoms with Gasteiger partial charge in [-0.15, -0.1) is 13.2 Å². The molecule has 1 aromatic carbocycles. The zero-order chi connectivity index (χ0) is 18.3. The van der Waals surface area contributed by atoms with Crippen molar-refractivity contribution in [1.29, 1.82) is 0 Å². The fraction of sp³-hybridized carbons (Fsp3) is 0.412. The van der Waals surface area contributed by atoms with E-state index in [0.717, 1.165) is 0 Å². The summed E-state index contributed by atoms with van der Waals surface area (Å²) in [6.07, 6.45) is -2.40. The van der Waals surface area contributed by atoms with Crippen LogP contribution in [-0.4, -0.2) is 32.1 Å². The Hall–Kier alpha value is -2.19. The van der Waals surface area contributed by atoms with E-state index in [1.54, 1.807) is 13.0 Å². The first-order chi connectivity index (χ1) is 11.6. The highest BCUT2D eigenvalue weighted by atomic mass is 19.4. The van der Waals surface area contributed by atoms with Gasteiger partial charge in [0, 0.05) is 17.8 Å². The molecule has 0 saturated heterocycles. The normalized spacial score (nSPS) is 27.4. The van der Waals surface area contributed by atoms with Gasteiger partial charge in [0.15, 0.2) is 5.82 Å². The van der Waals surface area contributed by atoms with E-state index in [-0.39, 0.29) is 24.4 Å². The van der Waals surface area contributed by atoms with Gasteiger partial charge in [0.05, 0.1) is 5.60 Å². The molecule has 2 N–H and O–H groups in total. The summed E-state index contributed by atoms with van der Waals surface area (Å²) in [5.74, 6) is -0.142. The minimum absolute atomic E-state index is 0.202. The second-order valence-electron chi connectivity index (χ2n) is 6.59. The molecular formula is C17H17F3N2O3. The molecule has 0 aliphatic heterocycles. The Bertz CT molecular complexity index is 725. The molecule has 0 bridgehead atoms. The van der Waals surface area contributed by atoms with Crippen LogP contribution in [0.3, 0.4) is 0 Å². The number of alkyl halides is 3. The number of ether oxygens (including phenoxy) is 1. The summed E-state index contributed by atoms with van der Waals surface area (Å²) in [7, 11) is 0. The van der Waals surface area contributed by atoms with Crippen LogP contribution < -0.4 is 4.74 Å². The van der Waals surface area contributed by atoms with Crippen molar-refractivity contribution in [2.45, 2.75) is 43.2 Å². The Labute approximate surface area is 142 Å². The zero-order valence-electron chi connectivity index (χ0n) is 13.4. The van der Waals surface area contributed by atoms with Gasteiger partial charge in [-0.1, -0.05) is 12.1 Å². The van der Waals surface area contributed by atoms with Crippen molar-refractivity contribution in [3.8, 4) is 5.75 Å². The highest BCUT2D eigenvalue weighted by Crippen LogP contribution is 2.56. The lowest BCUT2D eigenvalue weighted by molar-refractivity contribution is -0.274. The van der Waals surface area contributed by atoms with Crippen LogP contribution in [0, 0.1) is 0 Å². The number of benzene rings is 1. The van der Waals surface area contributed by atoms with Crippen LogP contribution in [0.2, 0.25) is 0 Å². The standard InChI is InChI=1S/C17H17F3N2O3/c1-15(24)9-16(10-15,13(23)14-21-7-2-8-22-14)11-3-5-12(6-4-11)25-17(18,19)20/h2-8,13,23-24H,9-10H2,1H3/t13-,15-,16+/m1/s1. The molecule has 0 unspecified atom stereocenters. The fourth-order valence-electron chi connectivity index (χ4n) is 3.55. The van der Waals surface area contributed by atoms with Crippen molar-refractivity contribution in [3.05, 3.63) is 54.1 Å². The molecule has 1 aliphatic rings. The Morgan fingerprint density at radius 2 is 1.68 bits per heavy atom. The highest BCUT2D eigenvalue weighted by molar-refractivity contribution is 5.38. The molecule has 2 aromatic rings. The quantitative estimate of drug-likeness (QED) is 0.883. The van der Waals surface area contributed by atoms with Gasteiger partial charge in [0.2, 0.25) is 0 Å². The van der Waals surface area contributed by atoms with Crippen LogP contribution in [0.4, 0.5) is 13.2 Å². The summed E-state index contributed by atoms with van der Waals surface area (Å²) in [5, 5.41) is 21.0. The van der Waals surface area contributed by atoms with E-state index in [1.807, 2.05) is 0 Å². The van der Waals surface area contributed by atoms with Crippen molar-refractivity contribution < 1.29 is 28.1 Å². The lowest BCUT2D eigenvalue weighted by Gasteiger charge is -2.54. The van der Waals surface area contributed by atoms with Crippen molar-refractivity contribution in [2.24, 2.45) is 0 Å². The highest BCUT2D eigenvalue weighted by Gasteiger charge is 2.57. The number of nitrogens with zero attached hydrogens (tertiary/aromatic N) is 2. The van der Waals surface area contributed by atoms with Gasteiger partial charge in [0.1, 0.15) is 11.9 Å². The molecular weight excluding hydrogens is 337 g/mol. The van der Waals surface area contributed by atoms with E-state index in [4.69, 9.17) is 0 Å². The van der Waals surface area contributed by atoms with Gasteiger partial charge in [-0.25, -0.2) is 9.97 Å². The zero-order valence-corrected chi connectivity index (χ0v) is 13.4. The average Bonchev–Trinajstić information content (AvgIpc) is 2.51. The monoisotopic (exact) mass is 354 g/mol. The minimum atomic E-state index is -4.77. The molecule has 1 aliphatic carbocycles. The number of aliphatic hydroxyl groups excluding tert-OH is 1. The van der Waals surface area contributed by atoms with E-state index < -0.39 is 23.5 Å². The van der Waals surface area contributed by atoms with E-state index >= 15 is 0 Å². The third kappa shape index (κ3) is 3.59. The number of aliphatic hydroxyl groups is 2. The molecule has 5 nitrogen and oxygen atoms in total. The van der Waals surface area contributed by atoms with Crippen molar-refractivity contribution in [3.63, 3.8) is 0 Å². The van der Waals surface area contributed by atoms with Crippen LogP contribution in [0.25, 0.3) is 0 Å². The molecule has 1 atom stereocenters. The van der Waals surface area contributed by atoms with Gasteiger partial charge < -0.3 is 14.9 Å². The van der Waals surface area contributed by atoms with E-state index in [1.165, 1.54) is 36.7 Å². The summed E-state index contributed by atoms with van der Waals surface area (Å²) in [5.41, 5.74) is -1.26. The topological polar surface area (TPSA) is 75.5 Å². The third-order valence-electron chi connectivity index (χ3n) is 4.41. The Morgan fingerprint density at radius 1 is 1.12 bits per heavy atom. The van der Waals surface area contributed by atoms with E-state index in [2.05, 4.69) is 14.7 Å². The van der Waals surface area contributed by atoms with Gasteiger partial charge in [0.25, 0.3) is 0 Å². The molecule has 134 valence electrons. The first kappa shape index (κ1) is 17.6. The maximum absolute atomic E-state index is 12.3.